The quantitative estimate of drug-likeness (QED) is 0.428. The zero-order valence-electron chi connectivity index (χ0n) is 14.3. The SMILES string of the molecule is CN(C)C=NS(=O)(=O)c1ccc(N)c(S(=O)(=O)NC2CCCCC2)c1. The highest BCUT2D eigenvalue weighted by molar-refractivity contribution is 7.90. The van der Waals surface area contributed by atoms with Gasteiger partial charge in [-0.1, -0.05) is 19.3 Å². The van der Waals surface area contributed by atoms with Crippen LogP contribution < -0.4 is 10.5 Å². The molecule has 10 heteroatoms. The second-order valence-electron chi connectivity index (χ2n) is 6.32. The summed E-state index contributed by atoms with van der Waals surface area (Å²) in [5, 5.41) is 0. The largest absolute Gasteiger partial charge is 0.398 e. The summed E-state index contributed by atoms with van der Waals surface area (Å²) in [7, 11) is -4.65. The molecule has 25 heavy (non-hydrogen) atoms. The summed E-state index contributed by atoms with van der Waals surface area (Å²) in [4.78, 5) is 1.01. The fraction of sp³-hybridized carbons (Fsp3) is 0.533. The number of nitrogen functional groups attached to an aromatic ring is 1. The highest BCUT2D eigenvalue weighted by Crippen LogP contribution is 2.25. The Balaban J connectivity index is 2.35. The third-order valence-electron chi connectivity index (χ3n) is 3.92. The summed E-state index contributed by atoms with van der Waals surface area (Å²) in [5.74, 6) is 0. The molecule has 0 radical (unpaired) electrons. The molecule has 0 saturated heterocycles. The Morgan fingerprint density at radius 3 is 2.40 bits per heavy atom. The molecule has 1 fully saturated rings. The minimum absolute atomic E-state index is 0.00107. The summed E-state index contributed by atoms with van der Waals surface area (Å²) in [6, 6.07) is 3.43. The van der Waals surface area contributed by atoms with Gasteiger partial charge in [0.25, 0.3) is 10.0 Å². The van der Waals surface area contributed by atoms with Crippen molar-refractivity contribution in [2.75, 3.05) is 19.8 Å². The van der Waals surface area contributed by atoms with Crippen molar-refractivity contribution < 1.29 is 16.8 Å². The normalized spacial score (nSPS) is 17.0. The van der Waals surface area contributed by atoms with E-state index in [4.69, 9.17) is 5.73 Å². The number of hydrogen-bond donors (Lipinski definition) is 2. The molecule has 0 amide bonds. The Hall–Kier alpha value is -1.65. The Bertz CT molecular complexity index is 842. The highest BCUT2D eigenvalue weighted by Gasteiger charge is 2.25. The first-order valence-corrected chi connectivity index (χ1v) is 10.9. The number of nitrogens with one attached hydrogen (secondary N) is 1. The van der Waals surface area contributed by atoms with Crippen molar-refractivity contribution >= 4 is 32.1 Å². The van der Waals surface area contributed by atoms with E-state index >= 15 is 0 Å². The average Bonchev–Trinajstić information content (AvgIpc) is 2.53. The van der Waals surface area contributed by atoms with Gasteiger partial charge in [0.2, 0.25) is 10.0 Å². The number of hydrogen-bond acceptors (Lipinski definition) is 5. The molecule has 1 aromatic rings. The molecule has 140 valence electrons. The van der Waals surface area contributed by atoms with Gasteiger partial charge in [0.1, 0.15) is 11.2 Å². The summed E-state index contributed by atoms with van der Waals surface area (Å²) < 4.78 is 55.9. The van der Waals surface area contributed by atoms with Crippen LogP contribution in [0.3, 0.4) is 0 Å². The Kier molecular flexibility index (Phi) is 6.07. The van der Waals surface area contributed by atoms with Crippen LogP contribution in [-0.4, -0.2) is 48.2 Å². The molecule has 8 nitrogen and oxygen atoms in total. The van der Waals surface area contributed by atoms with Gasteiger partial charge in [-0.2, -0.15) is 8.42 Å². The van der Waals surface area contributed by atoms with Crippen LogP contribution in [0.5, 0.6) is 0 Å². The van der Waals surface area contributed by atoms with E-state index in [2.05, 4.69) is 9.12 Å². The third-order valence-corrected chi connectivity index (χ3v) is 6.71. The van der Waals surface area contributed by atoms with Gasteiger partial charge < -0.3 is 10.6 Å². The monoisotopic (exact) mass is 388 g/mol. The van der Waals surface area contributed by atoms with Gasteiger partial charge in [0.05, 0.1) is 10.6 Å². The van der Waals surface area contributed by atoms with Crippen LogP contribution in [0.2, 0.25) is 0 Å². The maximum Gasteiger partial charge on any atom is 0.283 e. The lowest BCUT2D eigenvalue weighted by molar-refractivity contribution is 0.412. The first-order valence-electron chi connectivity index (χ1n) is 8.00. The van der Waals surface area contributed by atoms with E-state index in [9.17, 15) is 16.8 Å². The predicted molar refractivity (Wildman–Crippen MR) is 97.4 cm³/mol. The van der Waals surface area contributed by atoms with Gasteiger partial charge in [-0.15, -0.1) is 4.40 Å². The summed E-state index contributed by atoms with van der Waals surface area (Å²) in [6.07, 6.45) is 5.71. The molecule has 1 aliphatic rings. The lowest BCUT2D eigenvalue weighted by atomic mass is 9.96. The predicted octanol–water partition coefficient (Wildman–Crippen LogP) is 1.16. The van der Waals surface area contributed by atoms with Gasteiger partial charge in [-0.3, -0.25) is 0 Å². The molecule has 3 N–H and O–H groups in total. The number of sulfonamides is 2. The van der Waals surface area contributed by atoms with Gasteiger partial charge in [-0.05, 0) is 31.0 Å². The third kappa shape index (κ3) is 5.16. The maximum absolute atomic E-state index is 12.6. The van der Waals surface area contributed by atoms with Crippen LogP contribution in [0, 0.1) is 0 Å². The lowest BCUT2D eigenvalue weighted by Gasteiger charge is -2.23. The van der Waals surface area contributed by atoms with Crippen molar-refractivity contribution in [2.45, 2.75) is 47.9 Å². The van der Waals surface area contributed by atoms with Gasteiger partial charge in [-0.25, -0.2) is 13.1 Å². The number of nitrogens with two attached hydrogens (primary N) is 1. The van der Waals surface area contributed by atoms with Crippen LogP contribution in [-0.2, 0) is 20.0 Å². The maximum atomic E-state index is 12.6. The zero-order chi connectivity index (χ0) is 18.7. The van der Waals surface area contributed by atoms with Crippen LogP contribution in [0.4, 0.5) is 5.69 Å². The molecule has 1 saturated carbocycles. The van der Waals surface area contributed by atoms with Crippen molar-refractivity contribution in [3.8, 4) is 0 Å². The van der Waals surface area contributed by atoms with Crippen LogP contribution in [0.25, 0.3) is 0 Å². The van der Waals surface area contributed by atoms with E-state index in [-0.39, 0.29) is 21.5 Å². The number of nitrogens with zero attached hydrogens (tertiary/aromatic N) is 2. The average molecular weight is 389 g/mol. The van der Waals surface area contributed by atoms with Crippen molar-refractivity contribution in [3.63, 3.8) is 0 Å². The van der Waals surface area contributed by atoms with E-state index in [1.54, 1.807) is 14.1 Å². The minimum atomic E-state index is -4.01. The molecule has 0 unspecified atom stereocenters. The zero-order valence-corrected chi connectivity index (χ0v) is 16.0. The summed E-state index contributed by atoms with van der Waals surface area (Å²) >= 11 is 0. The van der Waals surface area contributed by atoms with Crippen LogP contribution in [0.1, 0.15) is 32.1 Å². The molecule has 1 aliphatic carbocycles. The van der Waals surface area contributed by atoms with Crippen molar-refractivity contribution in [1.82, 2.24) is 9.62 Å². The summed E-state index contributed by atoms with van der Waals surface area (Å²) in [6.45, 7) is 0. The Labute approximate surface area is 149 Å². The number of rotatable bonds is 6. The first-order chi connectivity index (χ1) is 11.6. The highest BCUT2D eigenvalue weighted by atomic mass is 32.2. The van der Waals surface area contributed by atoms with Crippen molar-refractivity contribution in [2.24, 2.45) is 4.40 Å². The Morgan fingerprint density at radius 1 is 1.16 bits per heavy atom. The fourth-order valence-corrected chi connectivity index (χ4v) is 5.11. The van der Waals surface area contributed by atoms with E-state index in [0.29, 0.717) is 0 Å². The molecule has 0 atom stereocenters. The molecule has 2 rings (SSSR count). The number of anilines is 1. The van der Waals surface area contributed by atoms with E-state index in [1.807, 2.05) is 0 Å². The molecule has 0 aliphatic heterocycles. The molecule has 0 bridgehead atoms. The van der Waals surface area contributed by atoms with Gasteiger partial charge >= 0.3 is 0 Å². The topological polar surface area (TPSA) is 122 Å². The van der Waals surface area contributed by atoms with E-state index < -0.39 is 20.0 Å². The molecular formula is C15H24N4O4S2. The number of benzene rings is 1. The second kappa shape index (κ2) is 7.71. The fourth-order valence-electron chi connectivity index (χ4n) is 2.63. The summed E-state index contributed by atoms with van der Waals surface area (Å²) in [5.41, 5.74) is 5.78. The molecular weight excluding hydrogens is 364 g/mol. The Morgan fingerprint density at radius 2 is 1.80 bits per heavy atom. The van der Waals surface area contributed by atoms with Crippen molar-refractivity contribution in [3.05, 3.63) is 18.2 Å². The molecule has 0 aromatic heterocycles. The molecule has 0 heterocycles. The lowest BCUT2D eigenvalue weighted by Crippen LogP contribution is -2.36. The molecule has 0 spiro atoms. The van der Waals surface area contributed by atoms with Crippen LogP contribution >= 0.6 is 0 Å². The van der Waals surface area contributed by atoms with Crippen LogP contribution in [0.15, 0.2) is 32.4 Å². The van der Waals surface area contributed by atoms with Crippen molar-refractivity contribution in [1.29, 1.82) is 0 Å². The second-order valence-corrected chi connectivity index (χ2v) is 9.63. The smallest absolute Gasteiger partial charge is 0.283 e. The molecule has 1 aromatic carbocycles. The van der Waals surface area contributed by atoms with Gasteiger partial charge in [0, 0.05) is 20.1 Å². The van der Waals surface area contributed by atoms with E-state index in [1.165, 1.54) is 17.0 Å². The first kappa shape index (κ1) is 19.7. The van der Waals surface area contributed by atoms with E-state index in [0.717, 1.165) is 44.5 Å². The van der Waals surface area contributed by atoms with Gasteiger partial charge in [0.15, 0.2) is 0 Å². The standard InChI is InChI=1S/C15H24N4O4S2/c1-19(2)11-17-24(20,21)13-8-9-14(16)15(10-13)25(22,23)18-12-6-4-3-5-7-12/h8-12,18H,3-7,16H2,1-2H3. The minimum Gasteiger partial charge on any atom is -0.398 e.